The average Bonchev–Trinajstić information content (AvgIpc) is 0.775. The van der Waals surface area contributed by atoms with Gasteiger partial charge >= 0.3 is 5.97 Å². The van der Waals surface area contributed by atoms with Crippen LogP contribution in [-0.4, -0.2) is 484 Å². The fourth-order valence-corrected chi connectivity index (χ4v) is 14.6. The standard InChI is InChI=1S/C63H105N3O47/c1-14-30(78)36(84)41(89)57(98-14)109-50-28(65-17(4)74)55(103-24(11-71)47(50)107-59-43(91)38(86)33(81)26(105-59)13-97-63(62(95)96)6-19(76)27(64-16(3)73)49(113-63)32(80)20(77)7-67)112-53-35(83)22(9-69)102-61(45(53)93)108-48-25(12-72)104-56(29(66-18(5)75)51(48)110-58-42(90)37(85)31(79)15(2)99-58)111-52-34(82)21(8-68)101-60(44(52)92)106-46-23(10-70)100-54(94)40(88)39(46)87/h14-15,19-61,67-72,76-94H,6-13H2,1-5H3,(H,64,73)(H,65,74)(H,66,75)(H,95,96)/t14-,15-,19-,20+,21+,22+,23+,24+,25+,26+,27+,28+,29+,30+,31+,32+,33-,34-,35-,36+,37+,38-,39+,40+,41-,42-,43+,44+,45+,46+,47+,48+,49+,50+,51+,52-,53-,54?,55-,56-,57-,58-,59-,60-,61-,63+/m0/s1. The Morgan fingerprint density at radius 3 is 1.12 bits per heavy atom. The molecule has 0 saturated carbocycles. The van der Waals surface area contributed by atoms with Gasteiger partial charge in [0, 0.05) is 27.2 Å². The van der Waals surface area contributed by atoms with Crippen LogP contribution in [0, 0.1) is 0 Å². The van der Waals surface area contributed by atoms with Gasteiger partial charge in [-0.15, -0.1) is 0 Å². The van der Waals surface area contributed by atoms with E-state index in [-0.39, 0.29) is 0 Å². The summed E-state index contributed by atoms with van der Waals surface area (Å²) in [5, 5.41) is 294. The predicted molar refractivity (Wildman–Crippen MR) is 346 cm³/mol. The third kappa shape index (κ3) is 20.1. The molecular formula is C63H105N3O47. The Balaban J connectivity index is 1.04. The van der Waals surface area contributed by atoms with E-state index >= 15 is 0 Å². The van der Waals surface area contributed by atoms with Gasteiger partial charge in [-0.25, -0.2) is 4.79 Å². The molecule has 113 heavy (non-hydrogen) atoms. The monoisotopic (exact) mass is 1660 g/mol. The zero-order chi connectivity index (χ0) is 83.6. The minimum absolute atomic E-state index is 0.846. The van der Waals surface area contributed by atoms with Gasteiger partial charge in [0.2, 0.25) is 17.7 Å². The maximum absolute atomic E-state index is 13.6. The molecule has 9 rings (SSSR count). The number of nitrogens with one attached hydrogen (secondary N) is 3. The minimum Gasteiger partial charge on any atom is -0.477 e. The van der Waals surface area contributed by atoms with E-state index in [1.807, 2.05) is 0 Å². The van der Waals surface area contributed by atoms with Crippen LogP contribution in [0.4, 0.5) is 0 Å². The van der Waals surface area contributed by atoms with Crippen molar-refractivity contribution in [1.82, 2.24) is 16.0 Å². The number of aliphatic hydroxyl groups is 25. The van der Waals surface area contributed by atoms with Crippen molar-refractivity contribution in [1.29, 1.82) is 0 Å². The number of amides is 3. The van der Waals surface area contributed by atoms with Gasteiger partial charge in [0.05, 0.1) is 70.6 Å². The summed E-state index contributed by atoms with van der Waals surface area (Å²) in [4.78, 5) is 52.3. The fraction of sp³-hybridized carbons (Fsp3) is 0.937. The van der Waals surface area contributed by atoms with Crippen molar-refractivity contribution in [2.45, 2.75) is 323 Å². The Morgan fingerprint density at radius 1 is 0.372 bits per heavy atom. The van der Waals surface area contributed by atoms with E-state index in [0.29, 0.717) is 0 Å². The lowest BCUT2D eigenvalue weighted by molar-refractivity contribution is -0.400. The topological polar surface area (TPSA) is 787 Å². The van der Waals surface area contributed by atoms with Crippen LogP contribution in [0.3, 0.4) is 0 Å². The molecule has 0 aromatic heterocycles. The van der Waals surface area contributed by atoms with Gasteiger partial charge in [0.15, 0.2) is 50.3 Å². The second-order valence-corrected chi connectivity index (χ2v) is 28.8. The number of aliphatic carboxylic acids is 1. The SMILES string of the molecule is CC(=O)N[C@H]1[C@H](O[C@H]2[C@@H](O)[C@@H](CO)O[C@@H](O[C@H]3[C@H](O[C@@H]4O[C@@H](C)[C@@H](O)[C@@H](O)[C@@H]4O)[C@@H](NC(C)=O)[C@H](O[C@H]4[C@@H](O)[C@@H](CO)O[C@@H](O[C@H]5[C@H](O)[C@@H](O)C(O)O[C@@H]5CO)[C@@H]4O)O[C@@H]3CO)[C@@H]2O)O[C@H](CO)[C@@H](O[C@@H]2O[C@H](CO[C@]3(C(=O)O)C[C@H](O)[C@@H](NC(C)=O)[C@H]([C@H](O)[C@H](O)CO)O3)[C@H](O)[C@H](O)[C@H]2O)[C@@H]1O[C@@H]1O[C@@H](C)[C@@H](O)[C@@H](O)[C@@H]1O. The van der Waals surface area contributed by atoms with E-state index in [0.717, 1.165) is 20.8 Å². The largest absolute Gasteiger partial charge is 0.477 e. The van der Waals surface area contributed by atoms with Crippen LogP contribution in [0.25, 0.3) is 0 Å². The summed E-state index contributed by atoms with van der Waals surface area (Å²) in [7, 11) is 0. The van der Waals surface area contributed by atoms with E-state index in [9.17, 15) is 152 Å². The molecule has 654 valence electrons. The summed E-state index contributed by atoms with van der Waals surface area (Å²) < 4.78 is 101. The van der Waals surface area contributed by atoms with Gasteiger partial charge in [0.25, 0.3) is 5.79 Å². The summed E-state index contributed by atoms with van der Waals surface area (Å²) in [6, 6.07) is -5.82. The molecule has 9 heterocycles. The highest BCUT2D eigenvalue weighted by molar-refractivity contribution is 5.77. The number of carboxylic acids is 1. The van der Waals surface area contributed by atoms with Crippen LogP contribution in [-0.2, 0) is 99.7 Å². The molecule has 0 bridgehead atoms. The maximum atomic E-state index is 13.6. The molecule has 0 aromatic rings. The molecule has 0 aromatic carbocycles. The third-order valence-corrected chi connectivity index (χ3v) is 20.9. The molecule has 9 saturated heterocycles. The molecule has 0 radical (unpaired) electrons. The second-order valence-electron chi connectivity index (χ2n) is 28.8. The predicted octanol–water partition coefficient (Wildman–Crippen LogP) is -18.9. The second kappa shape index (κ2) is 39.6. The molecule has 29 N–H and O–H groups in total. The first-order chi connectivity index (χ1) is 53.2. The molecule has 9 aliphatic rings. The molecule has 9 aliphatic heterocycles. The molecule has 0 aliphatic carbocycles. The number of aliphatic hydroxyl groups excluding tert-OH is 25. The molecule has 50 heteroatoms. The highest BCUT2D eigenvalue weighted by Gasteiger charge is 2.63. The van der Waals surface area contributed by atoms with Crippen LogP contribution in [0.5, 0.6) is 0 Å². The Hall–Kier alpha value is -3.80. The fourth-order valence-electron chi connectivity index (χ4n) is 14.6. The summed E-state index contributed by atoms with van der Waals surface area (Å²) in [5.41, 5.74) is 0. The minimum atomic E-state index is -3.11. The Labute approximate surface area is 639 Å². The van der Waals surface area contributed by atoms with Gasteiger partial charge in [-0.05, 0) is 13.8 Å². The first kappa shape index (κ1) is 93.1. The quantitative estimate of drug-likeness (QED) is 0.0331. The lowest BCUT2D eigenvalue weighted by Gasteiger charge is -2.52. The van der Waals surface area contributed by atoms with Gasteiger partial charge < -0.3 is 229 Å². The summed E-state index contributed by atoms with van der Waals surface area (Å²) in [5.74, 6) is -8.07. The summed E-state index contributed by atoms with van der Waals surface area (Å²) in [6.45, 7) is -3.11. The van der Waals surface area contributed by atoms with Crippen molar-refractivity contribution in [3.63, 3.8) is 0 Å². The van der Waals surface area contributed by atoms with Crippen LogP contribution < -0.4 is 16.0 Å². The number of hydrogen-bond acceptors (Lipinski definition) is 46. The van der Waals surface area contributed by atoms with Crippen molar-refractivity contribution >= 4 is 23.7 Å². The molecular weight excluding hydrogens is 1550 g/mol. The molecule has 50 nitrogen and oxygen atoms in total. The van der Waals surface area contributed by atoms with E-state index in [2.05, 4.69) is 16.0 Å². The van der Waals surface area contributed by atoms with E-state index in [1.165, 1.54) is 13.8 Å². The zero-order valence-corrected chi connectivity index (χ0v) is 60.8. The smallest absolute Gasteiger partial charge is 0.364 e. The van der Waals surface area contributed by atoms with Crippen LogP contribution >= 0.6 is 0 Å². The van der Waals surface area contributed by atoms with Crippen molar-refractivity contribution in [2.24, 2.45) is 0 Å². The number of carboxylic acid groups (broad SMARTS) is 1. The Kier molecular flexibility index (Phi) is 32.6. The highest BCUT2D eigenvalue weighted by Crippen LogP contribution is 2.42. The zero-order valence-electron chi connectivity index (χ0n) is 60.8. The molecule has 1 unspecified atom stereocenters. The lowest BCUT2D eigenvalue weighted by atomic mass is 9.88. The van der Waals surface area contributed by atoms with Crippen molar-refractivity contribution in [3.05, 3.63) is 0 Å². The van der Waals surface area contributed by atoms with Gasteiger partial charge in [0.1, 0.15) is 201 Å². The number of carbonyl (C=O) groups excluding carboxylic acids is 3. The summed E-state index contributed by atoms with van der Waals surface area (Å²) >= 11 is 0. The first-order valence-corrected chi connectivity index (χ1v) is 36.0. The van der Waals surface area contributed by atoms with Crippen molar-refractivity contribution in [2.75, 3.05) is 46.2 Å². The number of rotatable bonds is 29. The van der Waals surface area contributed by atoms with Crippen molar-refractivity contribution < 1.29 is 232 Å². The molecule has 3 amide bonds. The van der Waals surface area contributed by atoms with Crippen LogP contribution in [0.15, 0.2) is 0 Å². The molecule has 0 spiro atoms. The first-order valence-electron chi connectivity index (χ1n) is 36.0. The normalized spacial score (nSPS) is 49.2. The van der Waals surface area contributed by atoms with E-state index < -0.39 is 358 Å². The number of ether oxygens (including phenoxy) is 17. The van der Waals surface area contributed by atoms with Crippen LogP contribution in [0.2, 0.25) is 0 Å². The maximum Gasteiger partial charge on any atom is 0.364 e. The molecule has 46 atom stereocenters. The lowest BCUT2D eigenvalue weighted by Crippen LogP contribution is -2.72. The average molecular weight is 1660 g/mol. The Bertz CT molecular complexity index is 3040. The van der Waals surface area contributed by atoms with E-state index in [4.69, 9.17) is 80.5 Å². The van der Waals surface area contributed by atoms with Gasteiger partial charge in [-0.1, -0.05) is 0 Å². The third-order valence-electron chi connectivity index (χ3n) is 20.9. The highest BCUT2D eigenvalue weighted by atomic mass is 16.8. The van der Waals surface area contributed by atoms with E-state index in [1.54, 1.807) is 0 Å². The summed E-state index contributed by atoms with van der Waals surface area (Å²) in [6.07, 6.45) is -89.8. The number of carbonyl (C=O) groups is 4. The molecule has 9 fully saturated rings. The van der Waals surface area contributed by atoms with Gasteiger partial charge in [-0.3, -0.25) is 14.4 Å². The van der Waals surface area contributed by atoms with Crippen LogP contribution in [0.1, 0.15) is 41.0 Å². The van der Waals surface area contributed by atoms with Crippen molar-refractivity contribution in [3.8, 4) is 0 Å². The Morgan fingerprint density at radius 2 is 0.717 bits per heavy atom. The van der Waals surface area contributed by atoms with Gasteiger partial charge in [-0.2, -0.15) is 0 Å². The number of hydrogen-bond donors (Lipinski definition) is 29.